The molecule has 8 rings (SSSR count). The molecule has 2 aromatic heterocycles. The molecule has 3 aliphatic rings. The summed E-state index contributed by atoms with van der Waals surface area (Å²) in [4.78, 5) is 72.1. The molecule has 1 saturated carbocycles. The maximum absolute atomic E-state index is 14.5. The first kappa shape index (κ1) is 42.1. The van der Waals surface area contributed by atoms with Gasteiger partial charge in [0.25, 0.3) is 11.8 Å². The van der Waals surface area contributed by atoms with Crippen LogP contribution in [0.2, 0.25) is 0 Å². The standard InChI is InChI=1S/C47H44N6O7S2/c1-30(58-44(56)32-16-6-2-7-17-32)59-45(57)40-33(25-24-31-15-14-26-49-27-31)28-61-43-39(42(55)53(40)43)51-41(54)38(37-29-62-46(48)50-37)52-60-47(34-18-8-3-9-19-34,35-20-10-4-11-21-35)36-22-12-5-13-23-36/h3-5,8-15,18-27,29-30,32,39,43H,2,6-7,16-17,28H2,1H3,(H2,48,50)(H,51,54)/b25-24-,52-38?/t30?,39-,43-/m1/s1. The summed E-state index contributed by atoms with van der Waals surface area (Å²) in [6.45, 7) is 1.48. The predicted octanol–water partition coefficient (Wildman–Crippen LogP) is 7.21. The van der Waals surface area contributed by atoms with Crippen LogP contribution in [0.3, 0.4) is 0 Å². The number of ether oxygens (including phenoxy) is 2. The Morgan fingerprint density at radius 3 is 2.11 bits per heavy atom. The molecule has 3 N–H and O–H groups in total. The molecule has 0 spiro atoms. The Hall–Kier alpha value is -6.58. The number of aromatic nitrogens is 2. The topological polar surface area (TPSA) is 175 Å². The summed E-state index contributed by atoms with van der Waals surface area (Å²) >= 11 is 2.49. The SMILES string of the molecule is CC(OC(=O)C1=C(/C=C\c2cccnc2)CS[C@@H]2[C@H](NC(=O)C(=NOC(c3ccccc3)(c3ccccc3)c3ccccc3)c3csc(N)n3)C(=O)N12)OC(=O)C1CCCCC1. The van der Waals surface area contributed by atoms with E-state index in [2.05, 4.69) is 20.4 Å². The van der Waals surface area contributed by atoms with Crippen LogP contribution in [0.1, 0.15) is 67.0 Å². The molecule has 5 aromatic rings. The van der Waals surface area contributed by atoms with Crippen molar-refractivity contribution in [3.8, 4) is 0 Å². The number of fused-ring (bicyclic) bond motifs is 1. The van der Waals surface area contributed by atoms with Gasteiger partial charge in [0.15, 0.2) is 10.8 Å². The van der Waals surface area contributed by atoms with E-state index in [-0.39, 0.29) is 28.2 Å². The second-order valence-electron chi connectivity index (χ2n) is 15.0. The van der Waals surface area contributed by atoms with Gasteiger partial charge in [-0.3, -0.25) is 24.3 Å². The van der Waals surface area contributed by atoms with Crippen molar-refractivity contribution in [3.63, 3.8) is 0 Å². The third-order valence-corrected chi connectivity index (χ3v) is 12.9. The molecule has 0 radical (unpaired) electrons. The highest BCUT2D eigenvalue weighted by Gasteiger charge is 2.55. The van der Waals surface area contributed by atoms with Gasteiger partial charge >= 0.3 is 11.9 Å². The van der Waals surface area contributed by atoms with Crippen LogP contribution >= 0.6 is 23.1 Å². The number of oxime groups is 1. The fourth-order valence-electron chi connectivity index (χ4n) is 7.86. The lowest BCUT2D eigenvalue weighted by molar-refractivity contribution is -0.187. The second-order valence-corrected chi connectivity index (χ2v) is 17.0. The number of nitrogens with two attached hydrogens (primary N) is 1. The maximum Gasteiger partial charge on any atom is 0.358 e. The van der Waals surface area contributed by atoms with E-state index >= 15 is 0 Å². The number of allylic oxidation sites excluding steroid dienone is 1. The van der Waals surface area contributed by atoms with Gasteiger partial charge in [0.05, 0.1) is 5.92 Å². The Bertz CT molecular complexity index is 2400. The maximum atomic E-state index is 14.5. The number of nitrogens with one attached hydrogen (secondary N) is 1. The van der Waals surface area contributed by atoms with Crippen molar-refractivity contribution < 1.29 is 33.5 Å². The molecule has 2 amide bonds. The van der Waals surface area contributed by atoms with Gasteiger partial charge in [-0.1, -0.05) is 134 Å². The highest BCUT2D eigenvalue weighted by Crippen LogP contribution is 2.43. The summed E-state index contributed by atoms with van der Waals surface area (Å²) in [5.41, 5.74) is 8.22. The van der Waals surface area contributed by atoms with Crippen molar-refractivity contribution in [1.29, 1.82) is 0 Å². The first-order chi connectivity index (χ1) is 30.2. The number of rotatable bonds is 14. The van der Waals surface area contributed by atoms with E-state index in [0.29, 0.717) is 11.3 Å². The van der Waals surface area contributed by atoms with Crippen molar-refractivity contribution in [1.82, 2.24) is 20.2 Å². The fraction of sp³-hybridized carbons (Fsp3) is 0.255. The molecule has 15 heteroatoms. The highest BCUT2D eigenvalue weighted by molar-refractivity contribution is 8.00. The molecule has 3 atom stereocenters. The van der Waals surface area contributed by atoms with Crippen molar-refractivity contribution in [3.05, 3.63) is 166 Å². The fourth-order valence-corrected chi connectivity index (χ4v) is 9.73. The third-order valence-electron chi connectivity index (χ3n) is 10.9. The van der Waals surface area contributed by atoms with Crippen molar-refractivity contribution in [2.75, 3.05) is 11.5 Å². The number of benzene rings is 3. The van der Waals surface area contributed by atoms with Gasteiger partial charge < -0.3 is 25.4 Å². The van der Waals surface area contributed by atoms with Gasteiger partial charge in [-0.25, -0.2) is 9.78 Å². The molecule has 316 valence electrons. The first-order valence-electron chi connectivity index (χ1n) is 20.4. The Morgan fingerprint density at radius 1 is 0.887 bits per heavy atom. The number of nitrogens with zero attached hydrogens (tertiary/aromatic N) is 4. The van der Waals surface area contributed by atoms with E-state index < -0.39 is 47.1 Å². The number of amides is 2. The number of thiazole rings is 1. The number of hydrogen-bond donors (Lipinski definition) is 2. The number of hydrogen-bond acceptors (Lipinski definition) is 13. The van der Waals surface area contributed by atoms with Crippen LogP contribution in [0.4, 0.5) is 5.13 Å². The van der Waals surface area contributed by atoms with E-state index in [1.54, 1.807) is 36.0 Å². The van der Waals surface area contributed by atoms with Crippen LogP contribution in [-0.4, -0.2) is 67.8 Å². The van der Waals surface area contributed by atoms with E-state index in [1.807, 2.05) is 97.1 Å². The molecule has 1 aliphatic carbocycles. The molecule has 62 heavy (non-hydrogen) atoms. The van der Waals surface area contributed by atoms with E-state index in [1.165, 1.54) is 23.6 Å². The summed E-state index contributed by atoms with van der Waals surface area (Å²) in [5.74, 6) is -2.49. The lowest BCUT2D eigenvalue weighted by Gasteiger charge is -2.49. The molecule has 3 aromatic carbocycles. The lowest BCUT2D eigenvalue weighted by atomic mass is 9.80. The Labute approximate surface area is 367 Å². The Kier molecular flexibility index (Phi) is 12.9. The lowest BCUT2D eigenvalue weighted by Crippen LogP contribution is -2.71. The Morgan fingerprint density at radius 2 is 1.53 bits per heavy atom. The quantitative estimate of drug-likeness (QED) is 0.0288. The average Bonchev–Trinajstić information content (AvgIpc) is 3.75. The number of esters is 2. The van der Waals surface area contributed by atoms with Crippen molar-refractivity contribution in [2.24, 2.45) is 11.1 Å². The molecule has 2 fully saturated rings. The zero-order chi connectivity index (χ0) is 43.1. The van der Waals surface area contributed by atoms with Gasteiger partial charge in [-0.2, -0.15) is 0 Å². The van der Waals surface area contributed by atoms with Gasteiger partial charge in [-0.05, 0) is 30.0 Å². The number of anilines is 1. The number of β-lactam (4-membered cyclic amide) rings is 1. The Balaban J connectivity index is 1.08. The number of carbonyl (C=O) groups excluding carboxylic acids is 4. The van der Waals surface area contributed by atoms with Gasteiger partial charge in [-0.15, -0.1) is 23.1 Å². The van der Waals surface area contributed by atoms with Crippen LogP contribution in [0.15, 0.2) is 143 Å². The van der Waals surface area contributed by atoms with Gasteiger partial charge in [0, 0.05) is 47.1 Å². The monoisotopic (exact) mass is 868 g/mol. The summed E-state index contributed by atoms with van der Waals surface area (Å²) in [5, 5.41) is 8.53. The minimum atomic E-state index is -1.32. The molecule has 0 bridgehead atoms. The molecule has 1 saturated heterocycles. The number of thioether (sulfide) groups is 1. The zero-order valence-corrected chi connectivity index (χ0v) is 35.4. The number of carbonyl (C=O) groups is 4. The van der Waals surface area contributed by atoms with Crippen LogP contribution in [0.5, 0.6) is 0 Å². The molecular weight excluding hydrogens is 825 g/mol. The summed E-state index contributed by atoms with van der Waals surface area (Å²) in [6.07, 6.45) is 10.1. The summed E-state index contributed by atoms with van der Waals surface area (Å²) in [7, 11) is 0. The minimum absolute atomic E-state index is 0.00665. The van der Waals surface area contributed by atoms with Crippen LogP contribution in [0.25, 0.3) is 6.08 Å². The molecule has 13 nitrogen and oxygen atoms in total. The van der Waals surface area contributed by atoms with E-state index in [4.69, 9.17) is 20.0 Å². The normalized spacial score (nSPS) is 18.7. The van der Waals surface area contributed by atoms with E-state index in [9.17, 15) is 19.2 Å². The second kappa shape index (κ2) is 19.0. The average molecular weight is 869 g/mol. The summed E-state index contributed by atoms with van der Waals surface area (Å²) in [6, 6.07) is 31.2. The largest absolute Gasteiger partial charge is 0.425 e. The number of nitrogen functional groups attached to an aromatic ring is 1. The molecular formula is C47H44N6O7S2. The van der Waals surface area contributed by atoms with Crippen LogP contribution in [-0.2, 0) is 39.1 Å². The third kappa shape index (κ3) is 8.90. The summed E-state index contributed by atoms with van der Waals surface area (Å²) < 4.78 is 11.3. The molecule has 1 unspecified atom stereocenters. The minimum Gasteiger partial charge on any atom is -0.425 e. The smallest absolute Gasteiger partial charge is 0.358 e. The predicted molar refractivity (Wildman–Crippen MR) is 237 cm³/mol. The van der Waals surface area contributed by atoms with Gasteiger partial charge in [0.1, 0.15) is 22.8 Å². The van der Waals surface area contributed by atoms with E-state index in [0.717, 1.165) is 65.7 Å². The number of pyridine rings is 1. The van der Waals surface area contributed by atoms with Crippen LogP contribution in [0, 0.1) is 5.92 Å². The molecule has 4 heterocycles. The zero-order valence-electron chi connectivity index (χ0n) is 33.8. The first-order valence-corrected chi connectivity index (χ1v) is 22.3. The van der Waals surface area contributed by atoms with Gasteiger partial charge in [0.2, 0.25) is 11.9 Å². The highest BCUT2D eigenvalue weighted by atomic mass is 32.2. The molecule has 2 aliphatic heterocycles. The van der Waals surface area contributed by atoms with Crippen LogP contribution < -0.4 is 11.1 Å². The van der Waals surface area contributed by atoms with Crippen molar-refractivity contribution in [2.45, 2.75) is 62.3 Å². The van der Waals surface area contributed by atoms with Crippen molar-refractivity contribution >= 4 is 63.8 Å².